The van der Waals surface area contributed by atoms with Crippen LogP contribution in [-0.2, 0) is 4.79 Å². The minimum absolute atomic E-state index is 0.135. The zero-order valence-electron chi connectivity index (χ0n) is 18.3. The molecule has 2 aliphatic heterocycles. The Morgan fingerprint density at radius 3 is 2.74 bits per heavy atom. The molecule has 1 saturated carbocycles. The van der Waals surface area contributed by atoms with E-state index in [4.69, 9.17) is 0 Å². The van der Waals surface area contributed by atoms with Gasteiger partial charge in [0.25, 0.3) is 5.92 Å². The second-order valence-electron chi connectivity index (χ2n) is 9.64. The summed E-state index contributed by atoms with van der Waals surface area (Å²) in [6.07, 6.45) is -4.11. The lowest BCUT2D eigenvalue weighted by Gasteiger charge is -2.37. The second kappa shape index (κ2) is 7.25. The predicted molar refractivity (Wildman–Crippen MR) is 113 cm³/mol. The molecule has 0 unspecified atom stereocenters. The van der Waals surface area contributed by atoms with Gasteiger partial charge in [-0.3, -0.25) is 9.78 Å². The van der Waals surface area contributed by atoms with Gasteiger partial charge in [-0.05, 0) is 37.7 Å². The van der Waals surface area contributed by atoms with Gasteiger partial charge in [-0.15, -0.1) is 0 Å². The van der Waals surface area contributed by atoms with E-state index in [9.17, 15) is 32.0 Å². The Labute approximate surface area is 192 Å². The molecule has 11 heteroatoms. The molecule has 5 rings (SSSR count). The van der Waals surface area contributed by atoms with Gasteiger partial charge in [0.1, 0.15) is 17.5 Å². The highest BCUT2D eigenvalue weighted by atomic mass is 19.4. The van der Waals surface area contributed by atoms with Gasteiger partial charge in [-0.25, -0.2) is 8.78 Å². The van der Waals surface area contributed by atoms with E-state index in [0.717, 1.165) is 0 Å². The van der Waals surface area contributed by atoms with Crippen LogP contribution in [0.1, 0.15) is 18.4 Å². The number of benzene rings is 1. The summed E-state index contributed by atoms with van der Waals surface area (Å²) in [7, 11) is 1.63. The van der Waals surface area contributed by atoms with Crippen molar-refractivity contribution in [2.45, 2.75) is 31.0 Å². The SMILES string of the molecule is CN1CCC(F)(F)[C@@H](NC(=O)[C@@]23CN(c4ccc(C#N)c5ncccc45)C[C@]2(C(F)(F)F)C3)C1. The number of fused-ring (bicyclic) bond motifs is 2. The number of aromatic nitrogens is 1. The molecule has 3 atom stereocenters. The van der Waals surface area contributed by atoms with Crippen molar-refractivity contribution >= 4 is 22.5 Å². The molecule has 0 bridgehead atoms. The van der Waals surface area contributed by atoms with Crippen LogP contribution in [-0.4, -0.2) is 67.2 Å². The molecule has 3 heterocycles. The van der Waals surface area contributed by atoms with E-state index < -0.39 is 54.3 Å². The van der Waals surface area contributed by atoms with E-state index in [2.05, 4.69) is 10.3 Å². The van der Waals surface area contributed by atoms with Crippen molar-refractivity contribution in [1.82, 2.24) is 15.2 Å². The number of pyridine rings is 1. The topological polar surface area (TPSA) is 72.3 Å². The number of amides is 1. The fourth-order valence-corrected chi connectivity index (χ4v) is 5.62. The number of anilines is 1. The number of carbonyl (C=O) groups is 1. The Balaban J connectivity index is 1.49. The minimum atomic E-state index is -4.69. The average molecular weight is 479 g/mol. The smallest absolute Gasteiger partial charge is 0.369 e. The lowest BCUT2D eigenvalue weighted by molar-refractivity contribution is -0.192. The molecule has 2 aromatic rings. The summed E-state index contributed by atoms with van der Waals surface area (Å²) in [5.41, 5.74) is -3.10. The third kappa shape index (κ3) is 3.15. The molecule has 3 aliphatic rings. The van der Waals surface area contributed by atoms with Gasteiger partial charge in [-0.1, -0.05) is 0 Å². The highest BCUT2D eigenvalue weighted by Gasteiger charge is 2.86. The van der Waals surface area contributed by atoms with Crippen LogP contribution in [0.3, 0.4) is 0 Å². The summed E-state index contributed by atoms with van der Waals surface area (Å²) < 4.78 is 71.7. The lowest BCUT2D eigenvalue weighted by Crippen LogP contribution is -2.59. The maximum absolute atomic E-state index is 14.4. The molecule has 34 heavy (non-hydrogen) atoms. The van der Waals surface area contributed by atoms with Crippen molar-refractivity contribution < 1.29 is 26.7 Å². The molecule has 2 saturated heterocycles. The van der Waals surface area contributed by atoms with Crippen LogP contribution in [0, 0.1) is 22.2 Å². The summed E-state index contributed by atoms with van der Waals surface area (Å²) in [4.78, 5) is 20.5. The maximum atomic E-state index is 14.4. The largest absolute Gasteiger partial charge is 0.397 e. The Morgan fingerprint density at radius 2 is 2.03 bits per heavy atom. The molecule has 0 spiro atoms. The van der Waals surface area contributed by atoms with Crippen LogP contribution in [0.25, 0.3) is 10.9 Å². The summed E-state index contributed by atoms with van der Waals surface area (Å²) in [6, 6.07) is 6.79. The van der Waals surface area contributed by atoms with Gasteiger partial charge < -0.3 is 15.1 Å². The van der Waals surface area contributed by atoms with Crippen molar-refractivity contribution in [3.8, 4) is 6.07 Å². The van der Waals surface area contributed by atoms with Gasteiger partial charge in [-0.2, -0.15) is 18.4 Å². The summed E-state index contributed by atoms with van der Waals surface area (Å²) in [5.74, 6) is -4.18. The van der Waals surface area contributed by atoms with E-state index in [-0.39, 0.29) is 25.2 Å². The number of hydrogen-bond acceptors (Lipinski definition) is 5. The first-order valence-electron chi connectivity index (χ1n) is 10.9. The first-order valence-corrected chi connectivity index (χ1v) is 10.9. The molecule has 1 N–H and O–H groups in total. The Bertz CT molecular complexity index is 1210. The third-order valence-corrected chi connectivity index (χ3v) is 7.64. The van der Waals surface area contributed by atoms with E-state index in [1.54, 1.807) is 30.1 Å². The Hall–Kier alpha value is -3.00. The fraction of sp³-hybridized carbons (Fsp3) is 0.522. The number of nitrogens with one attached hydrogen (secondary N) is 1. The zero-order chi connectivity index (χ0) is 24.5. The highest BCUT2D eigenvalue weighted by Crippen LogP contribution is 2.75. The van der Waals surface area contributed by atoms with Crippen molar-refractivity contribution in [3.63, 3.8) is 0 Å². The van der Waals surface area contributed by atoms with Gasteiger partial charge in [0.2, 0.25) is 5.91 Å². The fourth-order valence-electron chi connectivity index (χ4n) is 5.62. The number of nitrogens with zero attached hydrogens (tertiary/aromatic N) is 4. The summed E-state index contributed by atoms with van der Waals surface area (Å²) in [6.45, 7) is -0.725. The van der Waals surface area contributed by atoms with Crippen LogP contribution in [0.2, 0.25) is 0 Å². The van der Waals surface area contributed by atoms with Crippen molar-refractivity contribution in [2.75, 3.05) is 38.1 Å². The first-order chi connectivity index (χ1) is 15.9. The molecule has 180 valence electrons. The number of likely N-dealkylation sites (tertiary alicyclic amines) is 1. The molecular formula is C23H22F5N5O. The zero-order valence-corrected chi connectivity index (χ0v) is 18.3. The highest BCUT2D eigenvalue weighted by molar-refractivity contribution is 5.97. The van der Waals surface area contributed by atoms with Crippen LogP contribution in [0.15, 0.2) is 30.5 Å². The molecule has 1 amide bonds. The minimum Gasteiger partial charge on any atom is -0.369 e. The molecular weight excluding hydrogens is 457 g/mol. The number of nitriles is 1. The van der Waals surface area contributed by atoms with Crippen molar-refractivity contribution in [2.24, 2.45) is 10.8 Å². The average Bonchev–Trinajstić information content (AvgIpc) is 3.33. The second-order valence-corrected chi connectivity index (χ2v) is 9.64. The Kier molecular flexibility index (Phi) is 4.86. The normalized spacial score (nSPS) is 30.6. The van der Waals surface area contributed by atoms with Crippen LogP contribution in [0.5, 0.6) is 0 Å². The quantitative estimate of drug-likeness (QED) is 0.684. The molecule has 6 nitrogen and oxygen atoms in total. The monoisotopic (exact) mass is 479 g/mol. The number of rotatable bonds is 3. The molecule has 1 aliphatic carbocycles. The van der Waals surface area contributed by atoms with Crippen molar-refractivity contribution in [1.29, 1.82) is 5.26 Å². The summed E-state index contributed by atoms with van der Waals surface area (Å²) >= 11 is 0. The number of piperidine rings is 2. The first kappa shape index (κ1) is 22.8. The van der Waals surface area contributed by atoms with E-state index >= 15 is 0 Å². The maximum Gasteiger partial charge on any atom is 0.397 e. The predicted octanol–water partition coefficient (Wildman–Crippen LogP) is 3.32. The van der Waals surface area contributed by atoms with Crippen LogP contribution < -0.4 is 10.2 Å². The van der Waals surface area contributed by atoms with E-state index in [1.165, 1.54) is 17.2 Å². The number of likely N-dealkylation sites (N-methyl/N-ethyl adjacent to an activating group) is 1. The third-order valence-electron chi connectivity index (χ3n) is 7.64. The standard InChI is InChI=1S/C23H22F5N5O/c1-32-8-6-22(24,25)17(10-32)31-19(34)20-11-21(20,23(26,27)28)13-33(12-20)16-5-4-14(9-29)18-15(16)3-2-7-30-18/h2-5,7,17H,6,8,10-13H2,1H3,(H,31,34)/t17-,20+,21+/m0/s1. The van der Waals surface area contributed by atoms with Crippen molar-refractivity contribution in [3.05, 3.63) is 36.0 Å². The Morgan fingerprint density at radius 1 is 1.26 bits per heavy atom. The number of halogens is 5. The van der Waals surface area contributed by atoms with Gasteiger partial charge >= 0.3 is 6.18 Å². The van der Waals surface area contributed by atoms with Crippen LogP contribution >= 0.6 is 0 Å². The van der Waals surface area contributed by atoms with Gasteiger partial charge in [0, 0.05) is 49.9 Å². The molecule has 3 fully saturated rings. The molecule has 1 aromatic heterocycles. The van der Waals surface area contributed by atoms with E-state index in [0.29, 0.717) is 16.6 Å². The number of carbonyl (C=O) groups excluding carboxylic acids is 1. The molecule has 1 aromatic carbocycles. The van der Waals surface area contributed by atoms with Crippen LogP contribution in [0.4, 0.5) is 27.6 Å². The lowest BCUT2D eigenvalue weighted by atomic mass is 9.93. The molecule has 0 radical (unpaired) electrons. The van der Waals surface area contributed by atoms with E-state index in [1.807, 2.05) is 6.07 Å². The van der Waals surface area contributed by atoms with Gasteiger partial charge in [0.05, 0.1) is 16.5 Å². The number of alkyl halides is 5. The number of hydrogen-bond donors (Lipinski definition) is 1. The summed E-state index contributed by atoms with van der Waals surface area (Å²) in [5, 5.41) is 12.1. The van der Waals surface area contributed by atoms with Gasteiger partial charge in [0.15, 0.2) is 0 Å².